The van der Waals surface area contributed by atoms with Gasteiger partial charge >= 0.3 is 12.2 Å². The minimum absolute atomic E-state index is 0.0373. The minimum atomic E-state index is -3.98. The van der Waals surface area contributed by atoms with Crippen LogP contribution in [-0.4, -0.2) is 127 Å². The van der Waals surface area contributed by atoms with Gasteiger partial charge < -0.3 is 35.2 Å². The van der Waals surface area contributed by atoms with Gasteiger partial charge in [0.05, 0.1) is 18.3 Å². The molecule has 6 amide bonds. The highest BCUT2D eigenvalue weighted by Gasteiger charge is 2.62. The first kappa shape index (κ1) is 42.1. The summed E-state index contributed by atoms with van der Waals surface area (Å²) < 4.78 is 53.0. The summed E-state index contributed by atoms with van der Waals surface area (Å²) in [5.41, 5.74) is -1.70. The van der Waals surface area contributed by atoms with E-state index in [4.69, 9.17) is 9.47 Å². The van der Waals surface area contributed by atoms with Gasteiger partial charge in [0.25, 0.3) is 5.91 Å². The van der Waals surface area contributed by atoms with Crippen LogP contribution in [0.1, 0.15) is 57.6 Å². The van der Waals surface area contributed by atoms with Gasteiger partial charge in [0.15, 0.2) is 0 Å². The zero-order chi connectivity index (χ0) is 41.2. The van der Waals surface area contributed by atoms with E-state index in [1.807, 2.05) is 19.0 Å². The van der Waals surface area contributed by atoms with Gasteiger partial charge in [-0.25, -0.2) is 22.4 Å². The minimum Gasteiger partial charge on any atom is -0.444 e. The van der Waals surface area contributed by atoms with Crippen molar-refractivity contribution in [3.8, 4) is 0 Å². The van der Waals surface area contributed by atoms with Gasteiger partial charge in [-0.05, 0) is 65.8 Å². The molecule has 4 aliphatic rings. The second-order valence-electron chi connectivity index (χ2n) is 15.8. The second-order valence-corrected chi connectivity index (χ2v) is 17.7. The molecular weight excluding hydrogens is 754 g/mol. The van der Waals surface area contributed by atoms with Crippen molar-refractivity contribution in [2.45, 2.75) is 94.1 Å². The Labute approximate surface area is 325 Å². The second kappa shape index (κ2) is 16.6. The number of carbonyl (C=O) groups is 6. The van der Waals surface area contributed by atoms with Crippen molar-refractivity contribution in [1.29, 1.82) is 0 Å². The summed E-state index contributed by atoms with van der Waals surface area (Å²) >= 11 is 0. The number of alkyl carbamates (subject to hydrolysis) is 1. The lowest BCUT2D eigenvalue weighted by molar-refractivity contribution is -0.141. The van der Waals surface area contributed by atoms with Crippen LogP contribution in [0.3, 0.4) is 0 Å². The van der Waals surface area contributed by atoms with Crippen molar-refractivity contribution in [2.75, 3.05) is 33.7 Å². The van der Waals surface area contributed by atoms with Crippen LogP contribution < -0.4 is 20.7 Å². The molecular formula is C37H50FN7O10S. The van der Waals surface area contributed by atoms with E-state index in [9.17, 15) is 41.6 Å². The summed E-state index contributed by atoms with van der Waals surface area (Å²) in [6, 6.07) is 1.62. The highest BCUT2D eigenvalue weighted by Crippen LogP contribution is 2.45. The number of halogens is 1. The third-order valence-electron chi connectivity index (χ3n) is 9.76. The van der Waals surface area contributed by atoms with Crippen LogP contribution >= 0.6 is 0 Å². The quantitative estimate of drug-likeness (QED) is 0.154. The summed E-state index contributed by atoms with van der Waals surface area (Å²) in [7, 11) is -0.363. The van der Waals surface area contributed by atoms with Gasteiger partial charge in [0.2, 0.25) is 27.7 Å². The van der Waals surface area contributed by atoms with Gasteiger partial charge in [-0.3, -0.25) is 28.8 Å². The number of nitrogens with zero attached hydrogens (tertiary/aromatic N) is 3. The molecule has 5 atom stereocenters. The number of ether oxygens (including phenoxy) is 2. The van der Waals surface area contributed by atoms with E-state index in [1.165, 1.54) is 29.2 Å². The van der Waals surface area contributed by atoms with E-state index in [0.29, 0.717) is 30.5 Å². The van der Waals surface area contributed by atoms with Gasteiger partial charge in [-0.1, -0.05) is 24.3 Å². The number of carbonyl (C=O) groups excluding carboxylic acids is 6. The molecule has 19 heteroatoms. The molecule has 2 saturated carbocycles. The number of sulfonamides is 1. The van der Waals surface area contributed by atoms with E-state index >= 15 is 0 Å². The predicted molar refractivity (Wildman–Crippen MR) is 199 cm³/mol. The Morgan fingerprint density at radius 2 is 1.84 bits per heavy atom. The van der Waals surface area contributed by atoms with Gasteiger partial charge in [0, 0.05) is 43.6 Å². The Kier molecular flexibility index (Phi) is 12.5. The molecule has 1 aromatic carbocycles. The number of hydrogen-bond donors (Lipinski definition) is 4. The zero-order valence-corrected chi connectivity index (χ0v) is 32.9. The molecule has 2 heterocycles. The van der Waals surface area contributed by atoms with E-state index < -0.39 is 98.7 Å². The van der Waals surface area contributed by atoms with Gasteiger partial charge in [0.1, 0.15) is 35.1 Å². The topological polar surface area (TPSA) is 213 Å². The first-order valence-electron chi connectivity index (χ1n) is 18.3. The van der Waals surface area contributed by atoms with Gasteiger partial charge in [-0.15, -0.1) is 6.58 Å². The fourth-order valence-corrected chi connectivity index (χ4v) is 7.97. The zero-order valence-electron chi connectivity index (χ0n) is 32.1. The fraction of sp³-hybridized carbons (Fsp3) is 0.568. The smallest absolute Gasteiger partial charge is 0.410 e. The number of benzene rings is 1. The summed E-state index contributed by atoms with van der Waals surface area (Å²) in [6.07, 6.45) is 1.95. The van der Waals surface area contributed by atoms with Crippen molar-refractivity contribution in [2.24, 2.45) is 5.92 Å². The van der Waals surface area contributed by atoms with E-state index in [1.54, 1.807) is 32.9 Å². The third kappa shape index (κ3) is 10.2. The maximum Gasteiger partial charge on any atom is 0.410 e. The SMILES string of the molecule is C=C[C@@H]1C[C@]1(NC(=O)C1C[C@@H](OC(=O)N2Cc3cccc(F)c3C2)CN1C(=O)[C@H](CNC(=O)/C=C/CN(C)C)NC(=O)OC(C)(C)C)C(=O)NS(=O)(=O)C1CC1. The molecule has 4 N–H and O–H groups in total. The average Bonchev–Trinajstić information content (AvgIpc) is 3.99. The molecule has 0 spiro atoms. The molecule has 1 aromatic rings. The summed E-state index contributed by atoms with van der Waals surface area (Å²) in [6.45, 7) is 8.24. The fourth-order valence-electron chi connectivity index (χ4n) is 6.60. The molecule has 1 saturated heterocycles. The van der Waals surface area contributed by atoms with E-state index in [2.05, 4.69) is 27.3 Å². The van der Waals surface area contributed by atoms with Crippen LogP contribution in [0, 0.1) is 11.7 Å². The molecule has 3 fully saturated rings. The third-order valence-corrected chi connectivity index (χ3v) is 11.6. The van der Waals surface area contributed by atoms with Crippen LogP contribution in [0.15, 0.2) is 43.0 Å². The average molecular weight is 804 g/mol. The maximum absolute atomic E-state index is 14.5. The largest absolute Gasteiger partial charge is 0.444 e. The standard InChI is InChI=1S/C37H50FN7O10S/c1-7-23-17-37(23,33(49)42-56(52,53)25-13-14-25)41-31(47)29-16-24(54-35(51)44-19-22-10-8-11-27(38)26(22)21-44)20-45(29)32(48)28(40-34(50)55-36(2,3)4)18-39-30(46)12-9-15-43(5)6/h7-12,23-25,28-29H,1,13-21H2,2-6H3,(H,39,46)(H,40,50)(H,41,47)(H,42,49)/b12-9+/t23-,24-,28+,29?,37-/m1/s1. The van der Waals surface area contributed by atoms with Crippen LogP contribution in [0.4, 0.5) is 14.0 Å². The first-order chi connectivity index (χ1) is 26.2. The highest BCUT2D eigenvalue weighted by molar-refractivity contribution is 7.91. The molecule has 2 aliphatic carbocycles. The van der Waals surface area contributed by atoms with Crippen LogP contribution in [0.5, 0.6) is 0 Å². The predicted octanol–water partition coefficient (Wildman–Crippen LogP) is 1.04. The van der Waals surface area contributed by atoms with Gasteiger partial charge in [-0.2, -0.15) is 0 Å². The number of likely N-dealkylation sites (N-methyl/N-ethyl adjacent to an activating group) is 1. The Hall–Kier alpha value is -5.04. The molecule has 306 valence electrons. The first-order valence-corrected chi connectivity index (χ1v) is 19.9. The van der Waals surface area contributed by atoms with E-state index in [-0.39, 0.29) is 32.5 Å². The van der Waals surface area contributed by atoms with Crippen molar-refractivity contribution >= 4 is 45.8 Å². The van der Waals surface area contributed by atoms with Crippen LogP contribution in [0.25, 0.3) is 0 Å². The lowest BCUT2D eigenvalue weighted by atomic mass is 10.1. The number of fused-ring (bicyclic) bond motifs is 1. The molecule has 1 unspecified atom stereocenters. The van der Waals surface area contributed by atoms with Crippen molar-refractivity contribution in [1.82, 2.24) is 35.4 Å². The number of nitrogens with one attached hydrogen (secondary N) is 4. The Morgan fingerprint density at radius 1 is 1.12 bits per heavy atom. The lowest BCUT2D eigenvalue weighted by Crippen LogP contribution is -2.59. The number of likely N-dealkylation sites (tertiary alicyclic amines) is 1. The highest BCUT2D eigenvalue weighted by atomic mass is 32.2. The molecule has 2 aliphatic heterocycles. The number of hydrogen-bond acceptors (Lipinski definition) is 11. The van der Waals surface area contributed by atoms with Crippen molar-refractivity contribution < 1.29 is 51.0 Å². The molecule has 5 rings (SSSR count). The molecule has 0 bridgehead atoms. The van der Waals surface area contributed by atoms with Crippen LogP contribution in [0.2, 0.25) is 0 Å². The number of rotatable bonds is 14. The number of amides is 6. The summed E-state index contributed by atoms with van der Waals surface area (Å²) in [5.74, 6) is -4.33. The molecule has 0 radical (unpaired) electrons. The Bertz CT molecular complexity index is 1900. The van der Waals surface area contributed by atoms with Crippen molar-refractivity contribution in [3.05, 3.63) is 60.0 Å². The summed E-state index contributed by atoms with van der Waals surface area (Å²) in [4.78, 5) is 85.2. The normalized spacial score (nSPS) is 23.6. The summed E-state index contributed by atoms with van der Waals surface area (Å²) in [5, 5.41) is 6.98. The monoisotopic (exact) mass is 803 g/mol. The van der Waals surface area contributed by atoms with E-state index in [0.717, 1.165) is 4.90 Å². The Morgan fingerprint density at radius 3 is 2.45 bits per heavy atom. The van der Waals surface area contributed by atoms with Crippen molar-refractivity contribution in [3.63, 3.8) is 0 Å². The van der Waals surface area contributed by atoms with Crippen LogP contribution in [-0.2, 0) is 51.8 Å². The molecule has 56 heavy (non-hydrogen) atoms. The molecule has 17 nitrogen and oxygen atoms in total. The molecule has 0 aromatic heterocycles. The lowest BCUT2D eigenvalue weighted by Gasteiger charge is -2.30. The Balaban J connectivity index is 1.38. The maximum atomic E-state index is 14.5.